The molecule has 0 amide bonds. The van der Waals surface area contributed by atoms with Crippen molar-refractivity contribution in [3.63, 3.8) is 0 Å². The minimum absolute atomic E-state index is 0.133. The van der Waals surface area contributed by atoms with E-state index in [2.05, 4.69) is 20.5 Å². The van der Waals surface area contributed by atoms with E-state index < -0.39 is 0 Å². The normalized spacial score (nSPS) is 22.5. The molecule has 1 aliphatic carbocycles. The average molecular weight is 355 g/mol. The minimum atomic E-state index is -0.284. The lowest BCUT2D eigenvalue weighted by Crippen LogP contribution is -2.19. The second kappa shape index (κ2) is 6.28. The van der Waals surface area contributed by atoms with Crippen LogP contribution in [0.3, 0.4) is 0 Å². The molecule has 0 radical (unpaired) electrons. The van der Waals surface area contributed by atoms with Gasteiger partial charge in [-0.05, 0) is 43.5 Å². The van der Waals surface area contributed by atoms with Crippen LogP contribution >= 0.6 is 0 Å². The Balaban J connectivity index is 1.36. The molecule has 2 aromatic heterocycles. The summed E-state index contributed by atoms with van der Waals surface area (Å²) in [5.74, 6) is 0.938. The smallest absolute Gasteiger partial charge is 0.230 e. The van der Waals surface area contributed by atoms with E-state index in [9.17, 15) is 4.39 Å². The van der Waals surface area contributed by atoms with Gasteiger partial charge < -0.3 is 9.26 Å². The molecule has 1 fully saturated rings. The molecule has 5 rings (SSSR count). The van der Waals surface area contributed by atoms with Crippen LogP contribution in [-0.4, -0.2) is 38.3 Å². The molecular formula is C18H18FN5O2. The highest BCUT2D eigenvalue weighted by atomic mass is 19.1. The number of benzene rings is 1. The topological polar surface area (TPSA) is 78.9 Å². The highest BCUT2D eigenvalue weighted by Crippen LogP contribution is 2.33. The van der Waals surface area contributed by atoms with Gasteiger partial charge in [-0.15, -0.1) is 5.10 Å². The van der Waals surface area contributed by atoms with E-state index in [0.29, 0.717) is 24.4 Å². The van der Waals surface area contributed by atoms with Crippen molar-refractivity contribution in [2.24, 2.45) is 0 Å². The third-order valence-corrected chi connectivity index (χ3v) is 5.19. The van der Waals surface area contributed by atoms with Crippen LogP contribution in [0.4, 0.5) is 4.39 Å². The Morgan fingerprint density at radius 3 is 2.85 bits per heavy atom. The van der Waals surface area contributed by atoms with Crippen LogP contribution in [0.15, 0.2) is 28.8 Å². The third kappa shape index (κ3) is 2.70. The fourth-order valence-corrected chi connectivity index (χ4v) is 3.75. The molecule has 0 saturated carbocycles. The molecule has 134 valence electrons. The summed E-state index contributed by atoms with van der Waals surface area (Å²) in [6, 6.07) is 6.39. The van der Waals surface area contributed by atoms with Gasteiger partial charge in [-0.2, -0.15) is 4.98 Å². The van der Waals surface area contributed by atoms with E-state index in [0.717, 1.165) is 43.5 Å². The number of fused-ring (bicyclic) bond motifs is 1. The largest absolute Gasteiger partial charge is 0.379 e. The lowest BCUT2D eigenvalue weighted by Gasteiger charge is -2.20. The molecule has 8 heteroatoms. The Morgan fingerprint density at radius 2 is 2.04 bits per heavy atom. The van der Waals surface area contributed by atoms with Crippen LogP contribution in [0.5, 0.6) is 0 Å². The van der Waals surface area contributed by atoms with E-state index in [-0.39, 0.29) is 11.7 Å². The number of nitrogens with zero attached hydrogens (tertiary/aromatic N) is 5. The molecule has 7 nitrogen and oxygen atoms in total. The van der Waals surface area contributed by atoms with Gasteiger partial charge >= 0.3 is 0 Å². The van der Waals surface area contributed by atoms with Crippen molar-refractivity contribution in [2.75, 3.05) is 13.2 Å². The SMILES string of the molecule is Fc1ccc(-c2noc(C3CCc4c(nnn4C4CCOC4)C3)n2)cc1. The molecule has 0 bridgehead atoms. The van der Waals surface area contributed by atoms with Crippen molar-refractivity contribution < 1.29 is 13.7 Å². The van der Waals surface area contributed by atoms with Crippen LogP contribution in [0.25, 0.3) is 11.4 Å². The van der Waals surface area contributed by atoms with Crippen LogP contribution in [0.1, 0.15) is 42.1 Å². The van der Waals surface area contributed by atoms with Crippen molar-refractivity contribution in [3.05, 3.63) is 47.4 Å². The third-order valence-electron chi connectivity index (χ3n) is 5.19. The Morgan fingerprint density at radius 1 is 1.15 bits per heavy atom. The fourth-order valence-electron chi connectivity index (χ4n) is 3.75. The second-order valence-electron chi connectivity index (χ2n) is 6.85. The molecule has 2 atom stereocenters. The highest BCUT2D eigenvalue weighted by Gasteiger charge is 2.31. The van der Waals surface area contributed by atoms with Gasteiger partial charge in [-0.1, -0.05) is 10.4 Å². The molecule has 1 saturated heterocycles. The summed E-state index contributed by atoms with van der Waals surface area (Å²) in [7, 11) is 0. The molecule has 1 aliphatic heterocycles. The predicted octanol–water partition coefficient (Wildman–Crippen LogP) is 2.70. The zero-order valence-electron chi connectivity index (χ0n) is 14.1. The standard InChI is InChI=1S/C18H18FN5O2/c19-13-4-1-11(2-5-13)17-20-18(26-22-17)12-3-6-16-15(9-12)21-23-24(16)14-7-8-25-10-14/h1-2,4-5,12,14H,3,6-10H2. The number of hydrogen-bond acceptors (Lipinski definition) is 6. The van der Waals surface area contributed by atoms with Gasteiger partial charge in [0.1, 0.15) is 5.82 Å². The van der Waals surface area contributed by atoms with Crippen molar-refractivity contribution in [1.29, 1.82) is 0 Å². The average Bonchev–Trinajstić information content (AvgIpc) is 3.41. The molecule has 1 aromatic carbocycles. The van der Waals surface area contributed by atoms with Gasteiger partial charge in [0.05, 0.1) is 24.0 Å². The number of ether oxygens (including phenoxy) is 1. The van der Waals surface area contributed by atoms with Gasteiger partial charge in [0.15, 0.2) is 0 Å². The first-order valence-electron chi connectivity index (χ1n) is 8.88. The van der Waals surface area contributed by atoms with Crippen molar-refractivity contribution in [2.45, 2.75) is 37.6 Å². The van der Waals surface area contributed by atoms with Gasteiger partial charge in [0.25, 0.3) is 0 Å². The minimum Gasteiger partial charge on any atom is -0.379 e. The van der Waals surface area contributed by atoms with Crippen LogP contribution in [0, 0.1) is 5.82 Å². The van der Waals surface area contributed by atoms with Gasteiger partial charge in [0.2, 0.25) is 11.7 Å². The van der Waals surface area contributed by atoms with Crippen LogP contribution in [-0.2, 0) is 17.6 Å². The Labute approximate surface area is 149 Å². The Kier molecular flexibility index (Phi) is 3.77. The molecule has 0 N–H and O–H groups in total. The highest BCUT2D eigenvalue weighted by molar-refractivity contribution is 5.53. The van der Waals surface area contributed by atoms with Gasteiger partial charge in [-0.3, -0.25) is 0 Å². The molecule has 26 heavy (non-hydrogen) atoms. The van der Waals surface area contributed by atoms with Crippen LogP contribution in [0.2, 0.25) is 0 Å². The fraction of sp³-hybridized carbons (Fsp3) is 0.444. The predicted molar refractivity (Wildman–Crippen MR) is 89.0 cm³/mol. The summed E-state index contributed by atoms with van der Waals surface area (Å²) in [5.41, 5.74) is 2.95. The molecule has 3 heterocycles. The number of aromatic nitrogens is 5. The van der Waals surface area contributed by atoms with Crippen LogP contribution < -0.4 is 0 Å². The number of rotatable bonds is 3. The summed E-state index contributed by atoms with van der Waals surface area (Å²) >= 11 is 0. The maximum Gasteiger partial charge on any atom is 0.230 e. The van der Waals surface area contributed by atoms with E-state index >= 15 is 0 Å². The lowest BCUT2D eigenvalue weighted by molar-refractivity contribution is 0.183. The first-order valence-corrected chi connectivity index (χ1v) is 8.88. The monoisotopic (exact) mass is 355 g/mol. The summed E-state index contributed by atoms with van der Waals surface area (Å²) in [6.07, 6.45) is 3.54. The summed E-state index contributed by atoms with van der Waals surface area (Å²) in [4.78, 5) is 4.52. The maximum absolute atomic E-state index is 13.1. The first-order chi connectivity index (χ1) is 12.8. The molecule has 3 aromatic rings. The maximum atomic E-state index is 13.1. The molecular weight excluding hydrogens is 337 g/mol. The van der Waals surface area contributed by atoms with Crippen molar-refractivity contribution in [1.82, 2.24) is 25.1 Å². The van der Waals surface area contributed by atoms with E-state index in [4.69, 9.17) is 9.26 Å². The first kappa shape index (κ1) is 15.6. The van der Waals surface area contributed by atoms with E-state index in [1.807, 2.05) is 4.68 Å². The summed E-state index contributed by atoms with van der Waals surface area (Å²) < 4.78 is 26.1. The number of halogens is 1. The summed E-state index contributed by atoms with van der Waals surface area (Å²) in [6.45, 7) is 1.50. The second-order valence-corrected chi connectivity index (χ2v) is 6.85. The van der Waals surface area contributed by atoms with Crippen molar-refractivity contribution >= 4 is 0 Å². The zero-order chi connectivity index (χ0) is 17.5. The zero-order valence-corrected chi connectivity index (χ0v) is 14.1. The molecule has 2 aliphatic rings. The quantitative estimate of drug-likeness (QED) is 0.719. The van der Waals surface area contributed by atoms with Gasteiger partial charge in [-0.25, -0.2) is 9.07 Å². The van der Waals surface area contributed by atoms with Gasteiger partial charge in [0, 0.05) is 24.5 Å². The van der Waals surface area contributed by atoms with E-state index in [1.54, 1.807) is 12.1 Å². The van der Waals surface area contributed by atoms with E-state index in [1.165, 1.54) is 17.8 Å². The number of hydrogen-bond donors (Lipinski definition) is 0. The molecule has 2 unspecified atom stereocenters. The lowest BCUT2D eigenvalue weighted by atomic mass is 9.89. The Hall–Kier alpha value is -2.61. The molecule has 0 spiro atoms. The Bertz CT molecular complexity index is 914. The van der Waals surface area contributed by atoms with Crippen molar-refractivity contribution in [3.8, 4) is 11.4 Å². The summed E-state index contributed by atoms with van der Waals surface area (Å²) in [5, 5.41) is 12.8.